The summed E-state index contributed by atoms with van der Waals surface area (Å²) >= 11 is 0. The Morgan fingerprint density at radius 1 is 0.667 bits per heavy atom. The molecule has 25 nitrogen and oxygen atoms in total. The van der Waals surface area contributed by atoms with Crippen LogP contribution in [-0.4, -0.2) is 80.7 Å². The van der Waals surface area contributed by atoms with E-state index in [1.165, 1.54) is 18.4 Å². The number of non-ortho nitro benzene ring substituents is 1. The Kier molecular flexibility index (Phi) is 24.8. The summed E-state index contributed by atoms with van der Waals surface area (Å²) in [6, 6.07) is 16.5. The van der Waals surface area contributed by atoms with Gasteiger partial charge in [0, 0.05) is 35.5 Å². The second kappa shape index (κ2) is 25.5. The number of hydrogen-bond donors (Lipinski definition) is 3. The molecule has 0 unspecified atom stereocenters. The van der Waals surface area contributed by atoms with Crippen LogP contribution in [0.5, 0.6) is 17.4 Å². The van der Waals surface area contributed by atoms with Crippen LogP contribution < -0.4 is 113 Å². The molecule has 0 saturated heterocycles. The molecular weight excluding hydrogens is 904 g/mol. The normalized spacial score (nSPS) is 11.3. The van der Waals surface area contributed by atoms with Crippen LogP contribution in [0.2, 0.25) is 0 Å². The number of fused-ring (bicyclic) bond motifs is 1. The van der Waals surface area contributed by atoms with Gasteiger partial charge in [-0.3, -0.25) is 15.2 Å². The topological polar surface area (TPSA) is 414 Å². The third-order valence-corrected chi connectivity index (χ3v) is 10.2. The van der Waals surface area contributed by atoms with Crippen LogP contribution in [0.25, 0.3) is 16.5 Å². The fraction of sp³-hybridized carbons (Fsp3) is 0. The van der Waals surface area contributed by atoms with Crippen molar-refractivity contribution < 1.29 is 183 Å². The number of hydrogen-bond acceptors (Lipinski definition) is 23. The number of rotatable bonds is 12. The first-order valence-electron chi connectivity index (χ1n) is 15.3. The van der Waals surface area contributed by atoms with Gasteiger partial charge in [-0.1, -0.05) is 6.07 Å². The summed E-state index contributed by atoms with van der Waals surface area (Å²) in [4.78, 5) is 18.8. The summed E-state index contributed by atoms with van der Waals surface area (Å²) in [5, 5.41) is 69.0. The van der Waals surface area contributed by atoms with Crippen molar-refractivity contribution in [1.29, 1.82) is 0 Å². The van der Waals surface area contributed by atoms with E-state index < -0.39 is 107 Å². The predicted octanol–water partition coefficient (Wildman–Crippen LogP) is -13.1. The predicted molar refractivity (Wildman–Crippen MR) is 193 cm³/mol. The zero-order valence-electron chi connectivity index (χ0n) is 34.9. The standard InChI is InChI=1S/C32H18N9O15S3.6Li.H2O/c42-15-24-28(32(45)40(39-24)19-6-9-21(10-7-19)57(48,49)50)37-33-17-2-4-18(5-3-17)34-38-29-26(59(54,55)56)13-16-1-11-23(30(43)27(16)31(29)44)36-35-22-12-8-20(41(46)47)14-25(22)58(51,52)53;;;;;;;/h1-4,6-10,12-14,43-45H,(H,48,49,50)(H,51,52,53)(H,54,55,56);;;;;;;1H2/q-3;6*+1;/p-4. The Morgan fingerprint density at radius 2 is 1.27 bits per heavy atom. The summed E-state index contributed by atoms with van der Waals surface area (Å²) in [6.07, 6.45) is 1.46. The number of benzene rings is 5. The van der Waals surface area contributed by atoms with Gasteiger partial charge in [0.2, 0.25) is 0 Å². The molecular formula is C32H16Li6N9O16S3-. The molecule has 6 aromatic rings. The maximum atomic E-state index is 12.2. The fourth-order valence-corrected chi connectivity index (χ4v) is 6.70. The molecule has 0 aliphatic rings. The van der Waals surface area contributed by atoms with Crippen molar-refractivity contribution in [2.24, 2.45) is 30.7 Å². The molecule has 0 bridgehead atoms. The van der Waals surface area contributed by atoms with E-state index in [0.29, 0.717) is 6.07 Å². The van der Waals surface area contributed by atoms with Crippen molar-refractivity contribution in [3.63, 3.8) is 0 Å². The van der Waals surface area contributed by atoms with Crippen LogP contribution in [0.1, 0.15) is 5.69 Å². The number of nitrogens with zero attached hydrogens (tertiary/aromatic N) is 9. The van der Waals surface area contributed by atoms with Gasteiger partial charge in [-0.2, -0.15) is 33.5 Å². The number of nitro benzene ring substituents is 1. The van der Waals surface area contributed by atoms with Gasteiger partial charge in [0.15, 0.2) is 5.88 Å². The molecule has 34 heteroatoms. The first kappa shape index (κ1) is 64.2. The van der Waals surface area contributed by atoms with Crippen LogP contribution in [0.15, 0.2) is 118 Å². The van der Waals surface area contributed by atoms with Crippen molar-refractivity contribution in [2.45, 2.75) is 14.7 Å². The first-order valence-corrected chi connectivity index (χ1v) is 19.6. The van der Waals surface area contributed by atoms with Gasteiger partial charge in [-0.05, 0) is 52.8 Å². The Balaban J connectivity index is 0. The molecule has 5 aromatic carbocycles. The monoisotopic (exact) mass is 920 g/mol. The van der Waals surface area contributed by atoms with Crippen molar-refractivity contribution in [3.05, 3.63) is 101 Å². The molecule has 0 radical (unpaired) electrons. The Morgan fingerprint density at radius 3 is 1.80 bits per heavy atom. The average molecular weight is 920 g/mol. The second-order valence-corrected chi connectivity index (χ2v) is 15.4. The number of aromatic nitrogens is 2. The van der Waals surface area contributed by atoms with Crippen molar-refractivity contribution >= 4 is 87.2 Å². The molecule has 0 aliphatic carbocycles. The number of nitro groups is 1. The summed E-state index contributed by atoms with van der Waals surface area (Å²) < 4.78 is 106. The SMILES string of the molecule is O=[C-]c1nn(-c2ccc(S(=O)(=O)[O-])cc2)c(O)c1N=Nc1c[c-]c(N=Nc2c(S(=O)(=O)[O-])cc3c[c-]c(N=Nc4ccc([N+](=O)[O-])cc4S(=O)(=O)[O-])c(O)c3c2O)cc1.[Li+].[Li+].[Li+].[Li+].[Li+].[Li+].[OH-]. The van der Waals surface area contributed by atoms with E-state index in [1.807, 2.05) is 0 Å². The minimum absolute atomic E-state index is 0. The van der Waals surface area contributed by atoms with Crippen molar-refractivity contribution in [2.75, 3.05) is 0 Å². The van der Waals surface area contributed by atoms with E-state index in [-0.39, 0.29) is 141 Å². The second-order valence-electron chi connectivity index (χ2n) is 11.4. The Hall–Kier alpha value is -3.89. The Labute approximate surface area is 444 Å². The number of phenols is 2. The quantitative estimate of drug-likeness (QED) is 0.0256. The van der Waals surface area contributed by atoms with Gasteiger partial charge in [-0.25, -0.2) is 40.1 Å². The fourth-order valence-electron chi connectivity index (χ4n) is 4.96. The van der Waals surface area contributed by atoms with Crippen LogP contribution >= 0.6 is 0 Å². The molecule has 310 valence electrons. The minimum atomic E-state index is -5.39. The summed E-state index contributed by atoms with van der Waals surface area (Å²) in [5.41, 5.74) is -4.08. The third-order valence-electron chi connectivity index (χ3n) is 7.65. The molecule has 1 aromatic heterocycles. The molecule has 6 rings (SSSR count). The van der Waals surface area contributed by atoms with Crippen LogP contribution in [-0.2, 0) is 35.1 Å². The molecule has 0 amide bonds. The van der Waals surface area contributed by atoms with Crippen LogP contribution in [0.3, 0.4) is 0 Å². The molecule has 0 fully saturated rings. The number of carbonyl (C=O) groups excluding carboxylic acids is 1. The van der Waals surface area contributed by atoms with E-state index in [2.05, 4.69) is 47.9 Å². The van der Waals surface area contributed by atoms with E-state index in [4.69, 9.17) is 0 Å². The van der Waals surface area contributed by atoms with Gasteiger partial charge in [0.1, 0.15) is 47.5 Å². The summed E-state index contributed by atoms with van der Waals surface area (Å²) in [6.45, 7) is 0. The number of aromatic hydroxyl groups is 3. The molecule has 0 atom stereocenters. The van der Waals surface area contributed by atoms with Gasteiger partial charge in [0.05, 0.1) is 25.3 Å². The van der Waals surface area contributed by atoms with Crippen molar-refractivity contribution in [3.8, 4) is 23.1 Å². The van der Waals surface area contributed by atoms with Gasteiger partial charge >= 0.3 is 113 Å². The molecule has 0 spiro atoms. The summed E-state index contributed by atoms with van der Waals surface area (Å²) in [7, 11) is -15.5. The largest absolute Gasteiger partial charge is 1.00 e. The van der Waals surface area contributed by atoms with Gasteiger partial charge < -0.3 is 39.2 Å². The maximum absolute atomic E-state index is 12.2. The molecule has 0 aliphatic heterocycles. The number of azo groups is 3. The Bertz CT molecular complexity index is 3180. The van der Waals surface area contributed by atoms with Crippen LogP contribution in [0, 0.1) is 22.2 Å². The maximum Gasteiger partial charge on any atom is 1.00 e. The van der Waals surface area contributed by atoms with Gasteiger partial charge in [0.25, 0.3) is 5.69 Å². The molecule has 1 heterocycles. The van der Waals surface area contributed by atoms with E-state index in [0.717, 1.165) is 59.3 Å². The average Bonchev–Trinajstić information content (AvgIpc) is 3.50. The number of phenolic OH excluding ortho intramolecular Hbond substituents is 2. The van der Waals surface area contributed by atoms with E-state index in [9.17, 15) is 69.1 Å². The molecule has 66 heavy (non-hydrogen) atoms. The summed E-state index contributed by atoms with van der Waals surface area (Å²) in [5.74, 6) is -2.78. The van der Waals surface area contributed by atoms with E-state index >= 15 is 0 Å². The zero-order valence-corrected chi connectivity index (χ0v) is 37.3. The zero-order chi connectivity index (χ0) is 43.0. The smallest absolute Gasteiger partial charge is 0.870 e. The first-order chi connectivity index (χ1) is 27.7. The van der Waals surface area contributed by atoms with Crippen LogP contribution in [0.4, 0.5) is 39.8 Å². The molecule has 4 N–H and O–H groups in total. The minimum Gasteiger partial charge on any atom is -0.870 e. The molecule has 0 saturated carbocycles. The van der Waals surface area contributed by atoms with E-state index in [1.54, 1.807) is 0 Å². The van der Waals surface area contributed by atoms with Gasteiger partial charge in [-0.15, -0.1) is 28.7 Å². The third kappa shape index (κ3) is 14.3. The van der Waals surface area contributed by atoms with Crippen molar-refractivity contribution in [1.82, 2.24) is 9.78 Å².